The molecule has 1 aliphatic carbocycles. The van der Waals surface area contributed by atoms with Gasteiger partial charge in [-0.1, -0.05) is 13.8 Å². The summed E-state index contributed by atoms with van der Waals surface area (Å²) in [4.78, 5) is 0. The first-order valence-electron chi connectivity index (χ1n) is 7.40. The first-order chi connectivity index (χ1) is 8.16. The van der Waals surface area contributed by atoms with Gasteiger partial charge in [0.1, 0.15) is 0 Å². The minimum atomic E-state index is 0.537. The molecule has 2 heteroatoms. The fourth-order valence-corrected chi connectivity index (χ4v) is 4.00. The molecule has 0 amide bonds. The Labute approximate surface area is 107 Å². The Bertz CT molecular complexity index is 231. The fourth-order valence-electron chi connectivity index (χ4n) is 4.00. The van der Waals surface area contributed by atoms with E-state index in [-0.39, 0.29) is 0 Å². The second kappa shape index (κ2) is 5.71. The highest BCUT2D eigenvalue weighted by Crippen LogP contribution is 2.49. The normalized spacial score (nSPS) is 38.8. The van der Waals surface area contributed by atoms with Gasteiger partial charge in [-0.15, -0.1) is 0 Å². The standard InChI is InChI=1S/C15H29NO/c1-12(2)10-13-11-16-9-8-15(13)6-4-14(17-3)5-7-15/h12-14,16H,4-11H2,1-3H3. The second-order valence-corrected chi connectivity index (χ2v) is 6.58. The number of ether oxygens (including phenoxy) is 1. The Morgan fingerprint density at radius 3 is 2.53 bits per heavy atom. The highest BCUT2D eigenvalue weighted by Gasteiger charge is 2.43. The van der Waals surface area contributed by atoms with Crippen molar-refractivity contribution < 1.29 is 4.74 Å². The molecule has 100 valence electrons. The third-order valence-electron chi connectivity index (χ3n) is 5.07. The predicted octanol–water partition coefficient (Wildman–Crippen LogP) is 3.22. The van der Waals surface area contributed by atoms with Crippen LogP contribution in [0.1, 0.15) is 52.4 Å². The molecule has 1 heterocycles. The summed E-state index contributed by atoms with van der Waals surface area (Å²) in [5, 5.41) is 3.61. The largest absolute Gasteiger partial charge is 0.381 e. The Hall–Kier alpha value is -0.0800. The topological polar surface area (TPSA) is 21.3 Å². The molecule has 1 saturated heterocycles. The molecule has 0 radical (unpaired) electrons. The lowest BCUT2D eigenvalue weighted by Gasteiger charge is -2.49. The van der Waals surface area contributed by atoms with Gasteiger partial charge in [0.05, 0.1) is 6.10 Å². The van der Waals surface area contributed by atoms with Crippen molar-refractivity contribution in [2.75, 3.05) is 20.2 Å². The van der Waals surface area contributed by atoms with E-state index in [9.17, 15) is 0 Å². The summed E-state index contributed by atoms with van der Waals surface area (Å²) in [7, 11) is 1.87. The van der Waals surface area contributed by atoms with Gasteiger partial charge in [0.25, 0.3) is 0 Å². The molecular weight excluding hydrogens is 210 g/mol. The van der Waals surface area contributed by atoms with Gasteiger partial charge < -0.3 is 10.1 Å². The molecule has 1 aliphatic heterocycles. The Morgan fingerprint density at radius 1 is 1.24 bits per heavy atom. The molecule has 0 aromatic rings. The maximum atomic E-state index is 5.53. The minimum absolute atomic E-state index is 0.537. The molecule has 2 aliphatic rings. The van der Waals surface area contributed by atoms with Gasteiger partial charge in [-0.3, -0.25) is 0 Å². The van der Waals surface area contributed by atoms with Gasteiger partial charge in [-0.25, -0.2) is 0 Å². The molecule has 2 rings (SSSR count). The molecule has 0 aromatic heterocycles. The minimum Gasteiger partial charge on any atom is -0.381 e. The van der Waals surface area contributed by atoms with Crippen molar-refractivity contribution in [2.45, 2.75) is 58.5 Å². The highest BCUT2D eigenvalue weighted by molar-refractivity contribution is 4.95. The Morgan fingerprint density at radius 2 is 1.94 bits per heavy atom. The van der Waals surface area contributed by atoms with Gasteiger partial charge in [-0.05, 0) is 68.9 Å². The van der Waals surface area contributed by atoms with E-state index in [0.717, 1.165) is 11.8 Å². The second-order valence-electron chi connectivity index (χ2n) is 6.58. The molecule has 2 fully saturated rings. The summed E-state index contributed by atoms with van der Waals surface area (Å²) in [6.07, 6.45) is 8.67. The highest BCUT2D eigenvalue weighted by atomic mass is 16.5. The van der Waals surface area contributed by atoms with Crippen LogP contribution in [0.25, 0.3) is 0 Å². The molecule has 2 nitrogen and oxygen atoms in total. The quantitative estimate of drug-likeness (QED) is 0.816. The monoisotopic (exact) mass is 239 g/mol. The molecule has 1 saturated carbocycles. The number of hydrogen-bond donors (Lipinski definition) is 1. The van der Waals surface area contributed by atoms with Crippen LogP contribution in [0.4, 0.5) is 0 Å². The van der Waals surface area contributed by atoms with Gasteiger partial charge >= 0.3 is 0 Å². The Kier molecular flexibility index (Phi) is 4.48. The van der Waals surface area contributed by atoms with Crippen LogP contribution >= 0.6 is 0 Å². The first kappa shape index (κ1) is 13.4. The molecule has 1 unspecified atom stereocenters. The van der Waals surface area contributed by atoms with Gasteiger partial charge in [0, 0.05) is 7.11 Å². The summed E-state index contributed by atoms with van der Waals surface area (Å²) >= 11 is 0. The van der Waals surface area contributed by atoms with E-state index in [1.807, 2.05) is 7.11 Å². The maximum absolute atomic E-state index is 5.53. The molecular formula is C15H29NO. The van der Waals surface area contributed by atoms with Crippen molar-refractivity contribution in [1.29, 1.82) is 0 Å². The third-order valence-corrected chi connectivity index (χ3v) is 5.07. The van der Waals surface area contributed by atoms with Gasteiger partial charge in [-0.2, -0.15) is 0 Å². The van der Waals surface area contributed by atoms with Crippen LogP contribution in [0.2, 0.25) is 0 Å². The lowest BCUT2D eigenvalue weighted by atomic mass is 9.60. The van der Waals surface area contributed by atoms with Crippen LogP contribution in [0.15, 0.2) is 0 Å². The molecule has 1 N–H and O–H groups in total. The molecule has 0 bridgehead atoms. The van der Waals surface area contributed by atoms with Gasteiger partial charge in [0.2, 0.25) is 0 Å². The summed E-state index contributed by atoms with van der Waals surface area (Å²) in [5.41, 5.74) is 0.643. The predicted molar refractivity (Wildman–Crippen MR) is 72.1 cm³/mol. The van der Waals surface area contributed by atoms with Crippen molar-refractivity contribution in [3.63, 3.8) is 0 Å². The van der Waals surface area contributed by atoms with Crippen molar-refractivity contribution in [3.05, 3.63) is 0 Å². The molecule has 17 heavy (non-hydrogen) atoms. The van der Waals surface area contributed by atoms with Crippen LogP contribution < -0.4 is 5.32 Å². The number of rotatable bonds is 3. The Balaban J connectivity index is 1.99. The summed E-state index contributed by atoms with van der Waals surface area (Å²) < 4.78 is 5.53. The van der Waals surface area contributed by atoms with E-state index in [1.165, 1.54) is 51.6 Å². The smallest absolute Gasteiger partial charge is 0.0571 e. The van der Waals surface area contributed by atoms with Crippen molar-refractivity contribution in [3.8, 4) is 0 Å². The first-order valence-corrected chi connectivity index (χ1v) is 7.40. The van der Waals surface area contributed by atoms with Crippen molar-refractivity contribution >= 4 is 0 Å². The number of hydrogen-bond acceptors (Lipinski definition) is 2. The van der Waals surface area contributed by atoms with E-state index in [0.29, 0.717) is 11.5 Å². The zero-order valence-electron chi connectivity index (χ0n) is 11.8. The average molecular weight is 239 g/mol. The van der Waals surface area contributed by atoms with Crippen LogP contribution in [0.5, 0.6) is 0 Å². The van der Waals surface area contributed by atoms with Crippen LogP contribution in [-0.2, 0) is 4.74 Å². The average Bonchev–Trinajstić information content (AvgIpc) is 2.33. The number of methoxy groups -OCH3 is 1. The number of nitrogens with one attached hydrogen (secondary N) is 1. The zero-order valence-corrected chi connectivity index (χ0v) is 11.8. The summed E-state index contributed by atoms with van der Waals surface area (Å²) in [5.74, 6) is 1.73. The maximum Gasteiger partial charge on any atom is 0.0571 e. The van der Waals surface area contributed by atoms with E-state index in [2.05, 4.69) is 19.2 Å². The summed E-state index contributed by atoms with van der Waals surface area (Å²) in [6.45, 7) is 7.20. The van der Waals surface area contributed by atoms with E-state index < -0.39 is 0 Å². The third kappa shape index (κ3) is 3.03. The lowest BCUT2D eigenvalue weighted by Crippen LogP contribution is -2.48. The van der Waals surface area contributed by atoms with E-state index in [4.69, 9.17) is 4.74 Å². The fraction of sp³-hybridized carbons (Fsp3) is 1.00. The zero-order chi connectivity index (χ0) is 12.3. The van der Waals surface area contributed by atoms with E-state index in [1.54, 1.807) is 0 Å². The molecule has 1 spiro atoms. The van der Waals surface area contributed by atoms with Crippen LogP contribution in [-0.4, -0.2) is 26.3 Å². The van der Waals surface area contributed by atoms with Crippen LogP contribution in [0.3, 0.4) is 0 Å². The summed E-state index contributed by atoms with van der Waals surface area (Å²) in [6, 6.07) is 0. The SMILES string of the molecule is COC1CCC2(CCNCC2CC(C)C)CC1. The van der Waals surface area contributed by atoms with Crippen LogP contribution in [0, 0.1) is 17.3 Å². The molecule has 0 aromatic carbocycles. The van der Waals surface area contributed by atoms with Crippen molar-refractivity contribution in [1.82, 2.24) is 5.32 Å². The van der Waals surface area contributed by atoms with Crippen molar-refractivity contribution in [2.24, 2.45) is 17.3 Å². The van der Waals surface area contributed by atoms with E-state index >= 15 is 0 Å². The van der Waals surface area contributed by atoms with Gasteiger partial charge in [0.15, 0.2) is 0 Å². The lowest BCUT2D eigenvalue weighted by molar-refractivity contribution is -0.0190. The molecule has 1 atom stereocenters. The number of piperidine rings is 1.